The molecular formula is C15H25FN4O2S. The number of aryl methyl sites for hydroxylation is 1. The molecule has 1 aromatic carbocycles. The maximum absolute atomic E-state index is 13.2. The number of nitrogens with one attached hydrogen (secondary N) is 3. The van der Waals surface area contributed by atoms with E-state index < -0.39 is 10.0 Å². The first-order valence-electron chi connectivity index (χ1n) is 7.62. The average molecular weight is 344 g/mol. The SMILES string of the molecule is CCNC(=NCc1ccc(F)c(C)c1)NCCNS(=O)(=O)CC. The Morgan fingerprint density at radius 3 is 2.57 bits per heavy atom. The molecule has 3 N–H and O–H groups in total. The van der Waals surface area contributed by atoms with Crippen molar-refractivity contribution < 1.29 is 12.8 Å². The lowest BCUT2D eigenvalue weighted by Crippen LogP contribution is -2.41. The second kappa shape index (κ2) is 9.46. The van der Waals surface area contributed by atoms with Crippen molar-refractivity contribution in [3.05, 3.63) is 35.1 Å². The van der Waals surface area contributed by atoms with Gasteiger partial charge in [-0.1, -0.05) is 12.1 Å². The van der Waals surface area contributed by atoms with E-state index in [0.717, 1.165) is 5.56 Å². The molecule has 0 amide bonds. The van der Waals surface area contributed by atoms with Gasteiger partial charge in [-0.25, -0.2) is 22.5 Å². The minimum absolute atomic E-state index is 0.0606. The van der Waals surface area contributed by atoms with Gasteiger partial charge in [-0.05, 0) is 38.0 Å². The molecule has 6 nitrogen and oxygen atoms in total. The van der Waals surface area contributed by atoms with E-state index in [1.54, 1.807) is 26.0 Å². The molecule has 0 radical (unpaired) electrons. The number of guanidine groups is 1. The third-order valence-electron chi connectivity index (χ3n) is 3.11. The highest BCUT2D eigenvalue weighted by Crippen LogP contribution is 2.09. The van der Waals surface area contributed by atoms with Crippen LogP contribution in [-0.4, -0.2) is 39.8 Å². The lowest BCUT2D eigenvalue weighted by molar-refractivity contribution is 0.581. The van der Waals surface area contributed by atoms with Crippen LogP contribution >= 0.6 is 0 Å². The summed E-state index contributed by atoms with van der Waals surface area (Å²) in [5.74, 6) is 0.418. The molecule has 0 heterocycles. The van der Waals surface area contributed by atoms with Gasteiger partial charge in [0.05, 0.1) is 12.3 Å². The van der Waals surface area contributed by atoms with Gasteiger partial charge in [-0.2, -0.15) is 0 Å². The second-order valence-corrected chi connectivity index (χ2v) is 7.10. The molecule has 1 aromatic rings. The van der Waals surface area contributed by atoms with Crippen molar-refractivity contribution in [1.82, 2.24) is 15.4 Å². The molecule has 23 heavy (non-hydrogen) atoms. The fourth-order valence-electron chi connectivity index (χ4n) is 1.81. The lowest BCUT2D eigenvalue weighted by atomic mass is 10.1. The molecule has 0 atom stereocenters. The minimum atomic E-state index is -3.18. The Bertz CT molecular complexity index is 632. The summed E-state index contributed by atoms with van der Waals surface area (Å²) in [6.07, 6.45) is 0. The van der Waals surface area contributed by atoms with E-state index in [0.29, 0.717) is 31.2 Å². The molecule has 0 aliphatic carbocycles. The Labute approximate surface area is 137 Å². The van der Waals surface area contributed by atoms with Crippen molar-refractivity contribution in [2.24, 2.45) is 4.99 Å². The Morgan fingerprint density at radius 1 is 1.22 bits per heavy atom. The Balaban J connectivity index is 2.54. The first-order chi connectivity index (χ1) is 10.9. The molecule has 0 saturated heterocycles. The second-order valence-electron chi connectivity index (χ2n) is 5.00. The zero-order valence-corrected chi connectivity index (χ0v) is 14.6. The standard InChI is InChI=1S/C15H25FN4O2S/c1-4-17-15(18-8-9-20-23(21,22)5-2)19-11-13-6-7-14(16)12(3)10-13/h6-7,10,20H,4-5,8-9,11H2,1-3H3,(H2,17,18,19). The van der Waals surface area contributed by atoms with Gasteiger partial charge in [-0.15, -0.1) is 0 Å². The summed E-state index contributed by atoms with van der Waals surface area (Å²) >= 11 is 0. The van der Waals surface area contributed by atoms with E-state index in [2.05, 4.69) is 20.3 Å². The zero-order chi connectivity index (χ0) is 17.3. The van der Waals surface area contributed by atoms with Gasteiger partial charge in [0.15, 0.2) is 5.96 Å². The van der Waals surface area contributed by atoms with E-state index in [4.69, 9.17) is 0 Å². The summed E-state index contributed by atoms with van der Waals surface area (Å²) in [7, 11) is -3.18. The fraction of sp³-hybridized carbons (Fsp3) is 0.533. The van der Waals surface area contributed by atoms with Crippen molar-refractivity contribution in [2.45, 2.75) is 27.3 Å². The van der Waals surface area contributed by atoms with Crippen LogP contribution in [0.3, 0.4) is 0 Å². The summed E-state index contributed by atoms with van der Waals surface area (Å²) in [4.78, 5) is 4.40. The highest BCUT2D eigenvalue weighted by Gasteiger charge is 2.05. The number of nitrogens with zero attached hydrogens (tertiary/aromatic N) is 1. The fourth-order valence-corrected chi connectivity index (χ4v) is 2.42. The maximum Gasteiger partial charge on any atom is 0.211 e. The maximum atomic E-state index is 13.2. The normalized spacial score (nSPS) is 12.3. The molecule has 8 heteroatoms. The number of halogens is 1. The highest BCUT2D eigenvalue weighted by molar-refractivity contribution is 7.89. The Kier molecular flexibility index (Phi) is 7.97. The predicted octanol–water partition coefficient (Wildman–Crippen LogP) is 1.13. The highest BCUT2D eigenvalue weighted by atomic mass is 32.2. The van der Waals surface area contributed by atoms with Gasteiger partial charge >= 0.3 is 0 Å². The first kappa shape index (κ1) is 19.4. The van der Waals surface area contributed by atoms with Crippen LogP contribution in [0.1, 0.15) is 25.0 Å². The van der Waals surface area contributed by atoms with E-state index in [9.17, 15) is 12.8 Å². The topological polar surface area (TPSA) is 82.6 Å². The minimum Gasteiger partial charge on any atom is -0.357 e. The van der Waals surface area contributed by atoms with Crippen molar-refractivity contribution in [3.63, 3.8) is 0 Å². The van der Waals surface area contributed by atoms with Gasteiger partial charge in [-0.3, -0.25) is 0 Å². The largest absolute Gasteiger partial charge is 0.357 e. The van der Waals surface area contributed by atoms with E-state index in [-0.39, 0.29) is 18.1 Å². The van der Waals surface area contributed by atoms with Gasteiger partial charge < -0.3 is 10.6 Å². The average Bonchev–Trinajstić information content (AvgIpc) is 2.52. The monoisotopic (exact) mass is 344 g/mol. The van der Waals surface area contributed by atoms with Crippen LogP contribution in [0, 0.1) is 12.7 Å². The molecule has 0 unspecified atom stereocenters. The van der Waals surface area contributed by atoms with Crippen molar-refractivity contribution in [2.75, 3.05) is 25.4 Å². The zero-order valence-electron chi connectivity index (χ0n) is 13.8. The van der Waals surface area contributed by atoms with Gasteiger partial charge in [0.1, 0.15) is 5.82 Å². The molecular weight excluding hydrogens is 319 g/mol. The molecule has 0 aromatic heterocycles. The van der Waals surface area contributed by atoms with Crippen LogP contribution < -0.4 is 15.4 Å². The number of hydrogen-bond acceptors (Lipinski definition) is 3. The van der Waals surface area contributed by atoms with Gasteiger partial charge in [0, 0.05) is 19.6 Å². The summed E-state index contributed by atoms with van der Waals surface area (Å²) in [5, 5.41) is 6.13. The van der Waals surface area contributed by atoms with Crippen LogP contribution in [0.2, 0.25) is 0 Å². The summed E-state index contributed by atoms with van der Waals surface area (Å²) in [6, 6.07) is 4.89. The van der Waals surface area contributed by atoms with Crippen LogP contribution in [-0.2, 0) is 16.6 Å². The number of aliphatic imine (C=N–C) groups is 1. The summed E-state index contributed by atoms with van der Waals surface area (Å²) in [5.41, 5.74) is 1.50. The molecule has 0 aliphatic rings. The van der Waals surface area contributed by atoms with E-state index in [1.165, 1.54) is 6.07 Å². The third-order valence-corrected chi connectivity index (χ3v) is 4.51. The molecule has 1 rings (SSSR count). The molecule has 0 fully saturated rings. The Morgan fingerprint density at radius 2 is 1.96 bits per heavy atom. The molecule has 0 saturated carbocycles. The van der Waals surface area contributed by atoms with Gasteiger partial charge in [0.2, 0.25) is 10.0 Å². The number of benzene rings is 1. The quantitative estimate of drug-likeness (QED) is 0.375. The lowest BCUT2D eigenvalue weighted by Gasteiger charge is -2.12. The van der Waals surface area contributed by atoms with Crippen molar-refractivity contribution >= 4 is 16.0 Å². The summed E-state index contributed by atoms with van der Waals surface area (Å²) in [6.45, 7) is 7.06. The van der Waals surface area contributed by atoms with Gasteiger partial charge in [0.25, 0.3) is 0 Å². The van der Waals surface area contributed by atoms with Crippen LogP contribution in [0.5, 0.6) is 0 Å². The molecule has 0 spiro atoms. The smallest absolute Gasteiger partial charge is 0.211 e. The number of hydrogen-bond donors (Lipinski definition) is 3. The van der Waals surface area contributed by atoms with Crippen molar-refractivity contribution in [3.8, 4) is 0 Å². The van der Waals surface area contributed by atoms with E-state index >= 15 is 0 Å². The van der Waals surface area contributed by atoms with Crippen LogP contribution in [0.15, 0.2) is 23.2 Å². The number of sulfonamides is 1. The third kappa shape index (κ3) is 7.43. The number of rotatable bonds is 8. The van der Waals surface area contributed by atoms with E-state index in [1.807, 2.05) is 6.92 Å². The summed E-state index contributed by atoms with van der Waals surface area (Å²) < 4.78 is 38.4. The first-order valence-corrected chi connectivity index (χ1v) is 9.27. The molecule has 0 bridgehead atoms. The Hall–Kier alpha value is -1.67. The molecule has 130 valence electrons. The molecule has 0 aliphatic heterocycles. The van der Waals surface area contributed by atoms with Crippen LogP contribution in [0.4, 0.5) is 4.39 Å². The van der Waals surface area contributed by atoms with Crippen molar-refractivity contribution in [1.29, 1.82) is 0 Å². The predicted molar refractivity (Wildman–Crippen MR) is 91.4 cm³/mol. The van der Waals surface area contributed by atoms with Crippen LogP contribution in [0.25, 0.3) is 0 Å².